The summed E-state index contributed by atoms with van der Waals surface area (Å²) in [6.07, 6.45) is 1.08. The molecule has 0 aromatic heterocycles. The molecule has 7 heteroatoms. The van der Waals surface area contributed by atoms with Crippen molar-refractivity contribution in [2.75, 3.05) is 20.7 Å². The highest BCUT2D eigenvalue weighted by atomic mass is 16.5. The van der Waals surface area contributed by atoms with Crippen LogP contribution in [0.3, 0.4) is 0 Å². The molecule has 2 amide bonds. The van der Waals surface area contributed by atoms with Gasteiger partial charge >= 0.3 is 12.0 Å². The van der Waals surface area contributed by atoms with Crippen LogP contribution in [0.1, 0.15) is 25.3 Å². The minimum Gasteiger partial charge on any atom is -0.467 e. The van der Waals surface area contributed by atoms with Crippen molar-refractivity contribution in [2.45, 2.75) is 38.5 Å². The lowest BCUT2D eigenvalue weighted by Crippen LogP contribution is -2.47. The van der Waals surface area contributed by atoms with Crippen LogP contribution in [0.25, 0.3) is 0 Å². The third kappa shape index (κ3) is 7.43. The van der Waals surface area contributed by atoms with Crippen LogP contribution in [0.4, 0.5) is 4.79 Å². The number of urea groups is 1. The van der Waals surface area contributed by atoms with E-state index in [2.05, 4.69) is 10.6 Å². The average molecular weight is 336 g/mol. The molecule has 0 saturated carbocycles. The van der Waals surface area contributed by atoms with Crippen molar-refractivity contribution >= 4 is 12.0 Å². The number of nitrogens with one attached hydrogen (secondary N) is 2. The molecule has 7 nitrogen and oxygen atoms in total. The molecule has 0 radical (unpaired) electrons. The number of hydrogen-bond acceptors (Lipinski definition) is 5. The van der Waals surface area contributed by atoms with Crippen molar-refractivity contribution in [2.24, 2.45) is 5.73 Å². The number of amides is 2. The largest absolute Gasteiger partial charge is 0.467 e. The lowest BCUT2D eigenvalue weighted by atomic mass is 10.1. The van der Waals surface area contributed by atoms with Gasteiger partial charge in [-0.2, -0.15) is 0 Å². The predicted octanol–water partition coefficient (Wildman–Crippen LogP) is 1.04. The second-order valence-electron chi connectivity index (χ2n) is 5.75. The number of rotatable bonds is 9. The molecule has 0 fully saturated rings. The van der Waals surface area contributed by atoms with E-state index in [1.54, 1.807) is 7.05 Å². The van der Waals surface area contributed by atoms with E-state index in [1.807, 2.05) is 37.3 Å². The molecule has 0 saturated heterocycles. The number of methoxy groups -OCH3 is 1. The number of benzene rings is 1. The van der Waals surface area contributed by atoms with Crippen molar-refractivity contribution in [3.05, 3.63) is 35.9 Å². The molecule has 0 aliphatic carbocycles. The highest BCUT2D eigenvalue weighted by Crippen LogP contribution is 2.05. The fourth-order valence-corrected chi connectivity index (χ4v) is 2.22. The fourth-order valence-electron chi connectivity index (χ4n) is 2.22. The SMILES string of the molecule is COC(=O)C(CCCNC(C)N)NC(=O)N(C)Cc1ccccc1. The zero-order valence-corrected chi connectivity index (χ0v) is 14.6. The Morgan fingerprint density at radius 1 is 1.29 bits per heavy atom. The van der Waals surface area contributed by atoms with Crippen molar-refractivity contribution in [1.82, 2.24) is 15.5 Å². The van der Waals surface area contributed by atoms with Crippen molar-refractivity contribution < 1.29 is 14.3 Å². The Labute approximate surface area is 143 Å². The minimum atomic E-state index is -0.671. The lowest BCUT2D eigenvalue weighted by molar-refractivity contribution is -0.143. The Balaban J connectivity index is 2.51. The van der Waals surface area contributed by atoms with Gasteiger partial charge < -0.3 is 26.0 Å². The quantitative estimate of drug-likeness (QED) is 0.356. The number of ether oxygens (including phenoxy) is 1. The number of nitrogens with zero attached hydrogens (tertiary/aromatic N) is 1. The van der Waals surface area contributed by atoms with E-state index in [1.165, 1.54) is 12.0 Å². The van der Waals surface area contributed by atoms with E-state index < -0.39 is 12.0 Å². The molecule has 1 rings (SSSR count). The molecule has 134 valence electrons. The van der Waals surface area contributed by atoms with Gasteiger partial charge in [0, 0.05) is 13.6 Å². The van der Waals surface area contributed by atoms with Crippen LogP contribution in [-0.2, 0) is 16.1 Å². The molecule has 0 spiro atoms. The van der Waals surface area contributed by atoms with Gasteiger partial charge in [-0.25, -0.2) is 9.59 Å². The maximum Gasteiger partial charge on any atom is 0.328 e. The third-order valence-electron chi connectivity index (χ3n) is 3.53. The van der Waals surface area contributed by atoms with Gasteiger partial charge in [0.1, 0.15) is 6.04 Å². The van der Waals surface area contributed by atoms with E-state index in [0.717, 1.165) is 5.56 Å². The Morgan fingerprint density at radius 2 is 1.96 bits per heavy atom. The van der Waals surface area contributed by atoms with Crippen LogP contribution in [0.15, 0.2) is 30.3 Å². The smallest absolute Gasteiger partial charge is 0.328 e. The highest BCUT2D eigenvalue weighted by Gasteiger charge is 2.22. The van der Waals surface area contributed by atoms with E-state index in [-0.39, 0.29) is 12.2 Å². The van der Waals surface area contributed by atoms with Crippen LogP contribution in [0.5, 0.6) is 0 Å². The second kappa shape index (κ2) is 10.6. The molecule has 1 aromatic rings. The standard InChI is InChI=1S/C17H28N4O3/c1-13(18)19-11-7-10-15(16(22)24-3)20-17(23)21(2)12-14-8-5-4-6-9-14/h4-6,8-9,13,15,19H,7,10-12,18H2,1-3H3,(H,20,23). The van der Waals surface area contributed by atoms with Crippen LogP contribution < -0.4 is 16.4 Å². The first-order chi connectivity index (χ1) is 11.4. The predicted molar refractivity (Wildman–Crippen MR) is 93.1 cm³/mol. The second-order valence-corrected chi connectivity index (χ2v) is 5.75. The molecule has 0 heterocycles. The Hall–Kier alpha value is -2.12. The number of esters is 1. The number of nitrogens with two attached hydrogens (primary N) is 1. The van der Waals surface area contributed by atoms with Gasteiger partial charge in [-0.3, -0.25) is 0 Å². The first-order valence-electron chi connectivity index (χ1n) is 8.06. The maximum absolute atomic E-state index is 12.3. The zero-order chi connectivity index (χ0) is 17.9. The zero-order valence-electron chi connectivity index (χ0n) is 14.6. The van der Waals surface area contributed by atoms with Gasteiger partial charge in [-0.1, -0.05) is 30.3 Å². The van der Waals surface area contributed by atoms with Crippen LogP contribution in [0, 0.1) is 0 Å². The highest BCUT2D eigenvalue weighted by molar-refractivity contribution is 5.83. The molecule has 0 bridgehead atoms. The van der Waals surface area contributed by atoms with Gasteiger partial charge in [0.15, 0.2) is 0 Å². The summed E-state index contributed by atoms with van der Waals surface area (Å²) in [7, 11) is 3.00. The molecule has 0 aliphatic heterocycles. The maximum atomic E-state index is 12.3. The molecule has 1 aromatic carbocycles. The summed E-state index contributed by atoms with van der Waals surface area (Å²) >= 11 is 0. The topological polar surface area (TPSA) is 96.7 Å². The summed E-state index contributed by atoms with van der Waals surface area (Å²) in [5.41, 5.74) is 6.63. The molecule has 0 aliphatic rings. The normalized spacial score (nSPS) is 13.0. The van der Waals surface area contributed by atoms with E-state index >= 15 is 0 Å². The van der Waals surface area contributed by atoms with E-state index in [9.17, 15) is 9.59 Å². The van der Waals surface area contributed by atoms with Gasteiger partial charge in [0.05, 0.1) is 13.3 Å². The summed E-state index contributed by atoms with van der Waals surface area (Å²) in [5, 5.41) is 5.80. The Morgan fingerprint density at radius 3 is 2.54 bits per heavy atom. The molecular weight excluding hydrogens is 308 g/mol. The van der Waals surface area contributed by atoms with Gasteiger partial charge in [0.2, 0.25) is 0 Å². The molecule has 4 N–H and O–H groups in total. The first-order valence-corrected chi connectivity index (χ1v) is 8.06. The average Bonchev–Trinajstić information content (AvgIpc) is 2.57. The Kier molecular flexibility index (Phi) is 8.81. The van der Waals surface area contributed by atoms with Crippen LogP contribution in [0.2, 0.25) is 0 Å². The van der Waals surface area contributed by atoms with E-state index in [4.69, 9.17) is 10.5 Å². The summed E-state index contributed by atoms with van der Waals surface area (Å²) < 4.78 is 4.77. The van der Waals surface area contributed by atoms with Gasteiger partial charge in [-0.05, 0) is 31.9 Å². The van der Waals surface area contributed by atoms with Crippen LogP contribution in [-0.4, -0.2) is 49.8 Å². The fraction of sp³-hybridized carbons (Fsp3) is 0.529. The number of carbonyl (C=O) groups excluding carboxylic acids is 2. The third-order valence-corrected chi connectivity index (χ3v) is 3.53. The molecule has 2 atom stereocenters. The molecular formula is C17H28N4O3. The molecule has 24 heavy (non-hydrogen) atoms. The summed E-state index contributed by atoms with van der Waals surface area (Å²) in [5.74, 6) is -0.447. The minimum absolute atomic E-state index is 0.104. The number of carbonyl (C=O) groups is 2. The van der Waals surface area contributed by atoms with Crippen molar-refractivity contribution in [3.63, 3.8) is 0 Å². The van der Waals surface area contributed by atoms with E-state index in [0.29, 0.717) is 25.9 Å². The summed E-state index contributed by atoms with van der Waals surface area (Å²) in [4.78, 5) is 25.7. The summed E-state index contributed by atoms with van der Waals surface area (Å²) in [6.45, 7) is 2.98. The van der Waals surface area contributed by atoms with Gasteiger partial charge in [0.25, 0.3) is 0 Å². The molecule has 2 unspecified atom stereocenters. The summed E-state index contributed by atoms with van der Waals surface area (Å²) in [6, 6.07) is 8.67. The first kappa shape index (κ1) is 19.9. The number of hydrogen-bond donors (Lipinski definition) is 3. The van der Waals surface area contributed by atoms with Crippen molar-refractivity contribution in [1.29, 1.82) is 0 Å². The van der Waals surface area contributed by atoms with Crippen LogP contribution >= 0.6 is 0 Å². The lowest BCUT2D eigenvalue weighted by Gasteiger charge is -2.22. The van der Waals surface area contributed by atoms with Gasteiger partial charge in [-0.15, -0.1) is 0 Å². The monoisotopic (exact) mass is 336 g/mol. The Bertz CT molecular complexity index is 508. The van der Waals surface area contributed by atoms with Crippen molar-refractivity contribution in [3.8, 4) is 0 Å².